The van der Waals surface area contributed by atoms with E-state index in [0.717, 1.165) is 31.7 Å². The van der Waals surface area contributed by atoms with Crippen LogP contribution in [0.3, 0.4) is 0 Å². The maximum Gasteiger partial charge on any atom is 0.309 e. The van der Waals surface area contributed by atoms with Crippen LogP contribution in [0, 0.1) is 5.92 Å². The van der Waals surface area contributed by atoms with Gasteiger partial charge >= 0.3 is 5.97 Å². The molecule has 130 valence electrons. The van der Waals surface area contributed by atoms with Gasteiger partial charge in [-0.05, 0) is 30.9 Å². The van der Waals surface area contributed by atoms with E-state index in [-0.39, 0.29) is 12.3 Å². The standard InChI is InChI=1S/C18H25N3O3/c1-3-13-4-5-14(19-11-13)12-21-8-6-18(7-9-21)15(17(23)24)10-16(22)20(18)2/h4-5,11,15H,3,6-10,12H2,1-2H3,(H,23,24). The van der Waals surface area contributed by atoms with Gasteiger partial charge in [0.1, 0.15) is 0 Å². The van der Waals surface area contributed by atoms with Gasteiger partial charge in [-0.2, -0.15) is 0 Å². The van der Waals surface area contributed by atoms with Crippen molar-refractivity contribution < 1.29 is 14.7 Å². The summed E-state index contributed by atoms with van der Waals surface area (Å²) in [6, 6.07) is 4.17. The molecule has 6 nitrogen and oxygen atoms in total. The first-order valence-electron chi connectivity index (χ1n) is 8.62. The van der Waals surface area contributed by atoms with E-state index in [1.165, 1.54) is 5.56 Å². The fourth-order valence-electron chi connectivity index (χ4n) is 4.07. The van der Waals surface area contributed by atoms with Crippen molar-refractivity contribution in [3.63, 3.8) is 0 Å². The number of hydrogen-bond acceptors (Lipinski definition) is 4. The van der Waals surface area contributed by atoms with Crippen molar-refractivity contribution in [2.24, 2.45) is 5.92 Å². The van der Waals surface area contributed by atoms with E-state index in [9.17, 15) is 14.7 Å². The maximum absolute atomic E-state index is 12.0. The van der Waals surface area contributed by atoms with Gasteiger partial charge in [-0.25, -0.2) is 0 Å². The van der Waals surface area contributed by atoms with Crippen molar-refractivity contribution in [3.05, 3.63) is 29.6 Å². The molecule has 0 bridgehead atoms. The summed E-state index contributed by atoms with van der Waals surface area (Å²) in [5.74, 6) is -1.48. The number of piperidine rings is 1. The summed E-state index contributed by atoms with van der Waals surface area (Å²) in [6.07, 6.45) is 4.45. The molecule has 1 unspecified atom stereocenters. The number of hydrogen-bond donors (Lipinski definition) is 1. The van der Waals surface area contributed by atoms with Crippen LogP contribution in [0.2, 0.25) is 0 Å². The summed E-state index contributed by atoms with van der Waals surface area (Å²) in [5, 5.41) is 9.51. The van der Waals surface area contributed by atoms with E-state index in [4.69, 9.17) is 0 Å². The van der Waals surface area contributed by atoms with E-state index < -0.39 is 17.4 Å². The predicted octanol–water partition coefficient (Wildman–Crippen LogP) is 1.54. The Balaban J connectivity index is 1.66. The molecule has 3 rings (SSSR count). The summed E-state index contributed by atoms with van der Waals surface area (Å²) < 4.78 is 0. The van der Waals surface area contributed by atoms with E-state index >= 15 is 0 Å². The van der Waals surface area contributed by atoms with Crippen LogP contribution < -0.4 is 0 Å². The van der Waals surface area contributed by atoms with Crippen molar-refractivity contribution in [1.29, 1.82) is 0 Å². The zero-order valence-corrected chi connectivity index (χ0v) is 14.4. The second-order valence-electron chi connectivity index (χ2n) is 6.94. The van der Waals surface area contributed by atoms with Crippen molar-refractivity contribution in [2.75, 3.05) is 20.1 Å². The average Bonchev–Trinajstić information content (AvgIpc) is 2.83. The zero-order valence-electron chi connectivity index (χ0n) is 14.4. The van der Waals surface area contributed by atoms with Crippen LogP contribution in [0.25, 0.3) is 0 Å². The number of carbonyl (C=O) groups is 2. The molecule has 2 saturated heterocycles. The number of aryl methyl sites for hydroxylation is 1. The molecule has 1 amide bonds. The molecule has 3 heterocycles. The van der Waals surface area contributed by atoms with Gasteiger partial charge in [0.15, 0.2) is 0 Å². The van der Waals surface area contributed by atoms with E-state index in [1.807, 2.05) is 6.20 Å². The second-order valence-corrected chi connectivity index (χ2v) is 6.94. The molecular weight excluding hydrogens is 306 g/mol. The lowest BCUT2D eigenvalue weighted by molar-refractivity contribution is -0.146. The smallest absolute Gasteiger partial charge is 0.309 e. The van der Waals surface area contributed by atoms with Gasteiger partial charge in [-0.3, -0.25) is 19.5 Å². The fraction of sp³-hybridized carbons (Fsp3) is 0.611. The molecule has 6 heteroatoms. The predicted molar refractivity (Wildman–Crippen MR) is 89.4 cm³/mol. The maximum atomic E-state index is 12.0. The third kappa shape index (κ3) is 2.90. The molecule has 0 saturated carbocycles. The van der Waals surface area contributed by atoms with Gasteiger partial charge in [-0.15, -0.1) is 0 Å². The van der Waals surface area contributed by atoms with Crippen LogP contribution in [-0.4, -0.2) is 57.4 Å². The van der Waals surface area contributed by atoms with Crippen LogP contribution in [-0.2, 0) is 22.6 Å². The van der Waals surface area contributed by atoms with E-state index in [1.54, 1.807) is 11.9 Å². The Hall–Kier alpha value is -1.95. The van der Waals surface area contributed by atoms with Crippen molar-refractivity contribution in [2.45, 2.75) is 44.7 Å². The third-order valence-corrected chi connectivity index (χ3v) is 5.77. The minimum Gasteiger partial charge on any atom is -0.481 e. The number of carboxylic acid groups (broad SMARTS) is 1. The average molecular weight is 331 g/mol. The molecule has 1 atom stereocenters. The lowest BCUT2D eigenvalue weighted by atomic mass is 9.77. The molecule has 1 spiro atoms. The number of carbonyl (C=O) groups excluding carboxylic acids is 1. The molecule has 1 N–H and O–H groups in total. The molecule has 2 aliphatic heterocycles. The van der Waals surface area contributed by atoms with Crippen molar-refractivity contribution in [1.82, 2.24) is 14.8 Å². The molecule has 2 aliphatic rings. The van der Waals surface area contributed by atoms with Crippen LogP contribution in [0.5, 0.6) is 0 Å². The van der Waals surface area contributed by atoms with Crippen LogP contribution in [0.15, 0.2) is 18.3 Å². The minimum absolute atomic E-state index is 0.0485. The van der Waals surface area contributed by atoms with Gasteiger partial charge in [0.05, 0.1) is 17.2 Å². The SMILES string of the molecule is CCc1ccc(CN2CCC3(CC2)C(C(=O)O)CC(=O)N3C)nc1. The highest BCUT2D eigenvalue weighted by Gasteiger charge is 2.55. The molecule has 0 aromatic carbocycles. The first-order valence-corrected chi connectivity index (χ1v) is 8.62. The summed E-state index contributed by atoms with van der Waals surface area (Å²) in [7, 11) is 1.76. The van der Waals surface area contributed by atoms with Gasteiger partial charge in [0.25, 0.3) is 0 Å². The van der Waals surface area contributed by atoms with Crippen LogP contribution in [0.4, 0.5) is 0 Å². The van der Waals surface area contributed by atoms with Gasteiger partial charge in [0.2, 0.25) is 5.91 Å². The fourth-order valence-corrected chi connectivity index (χ4v) is 4.07. The highest BCUT2D eigenvalue weighted by Crippen LogP contribution is 2.42. The lowest BCUT2D eigenvalue weighted by Crippen LogP contribution is -2.55. The Labute approximate surface area is 142 Å². The quantitative estimate of drug-likeness (QED) is 0.906. The first-order chi connectivity index (χ1) is 11.5. The third-order valence-electron chi connectivity index (χ3n) is 5.77. The van der Waals surface area contributed by atoms with Crippen LogP contribution >= 0.6 is 0 Å². The number of pyridine rings is 1. The Kier molecular flexibility index (Phi) is 4.58. The molecule has 2 fully saturated rings. The Morgan fingerprint density at radius 3 is 2.62 bits per heavy atom. The van der Waals surface area contributed by atoms with Crippen molar-refractivity contribution in [3.8, 4) is 0 Å². The molecular formula is C18H25N3O3. The van der Waals surface area contributed by atoms with E-state index in [2.05, 4.69) is 28.9 Å². The highest BCUT2D eigenvalue weighted by molar-refractivity contribution is 5.88. The second kappa shape index (κ2) is 6.51. The summed E-state index contributed by atoms with van der Waals surface area (Å²) >= 11 is 0. The molecule has 0 aliphatic carbocycles. The number of likely N-dealkylation sites (tertiary alicyclic amines) is 2. The summed E-state index contributed by atoms with van der Waals surface area (Å²) in [4.78, 5) is 32.1. The topological polar surface area (TPSA) is 73.7 Å². The summed E-state index contributed by atoms with van der Waals surface area (Å²) in [5.41, 5.74) is 1.75. The van der Waals surface area contributed by atoms with Gasteiger partial charge in [0, 0.05) is 39.3 Å². The summed E-state index contributed by atoms with van der Waals surface area (Å²) in [6.45, 7) is 4.46. The normalized spacial score (nSPS) is 23.8. The number of nitrogens with zero attached hydrogens (tertiary/aromatic N) is 3. The van der Waals surface area contributed by atoms with Gasteiger partial charge in [-0.1, -0.05) is 13.0 Å². The van der Waals surface area contributed by atoms with Crippen molar-refractivity contribution >= 4 is 11.9 Å². The minimum atomic E-state index is -0.849. The molecule has 1 aromatic rings. The number of aliphatic carboxylic acids is 1. The largest absolute Gasteiger partial charge is 0.481 e. The zero-order chi connectivity index (χ0) is 17.3. The Bertz CT molecular complexity index is 621. The monoisotopic (exact) mass is 331 g/mol. The van der Waals surface area contributed by atoms with Crippen LogP contribution in [0.1, 0.15) is 37.4 Å². The molecule has 1 aromatic heterocycles. The van der Waals surface area contributed by atoms with E-state index in [0.29, 0.717) is 12.8 Å². The van der Waals surface area contributed by atoms with Gasteiger partial charge < -0.3 is 10.0 Å². The first kappa shape index (κ1) is 16.9. The number of amides is 1. The molecule has 24 heavy (non-hydrogen) atoms. The molecule has 0 radical (unpaired) electrons. The Morgan fingerprint density at radius 1 is 1.38 bits per heavy atom. The number of carboxylic acids is 1. The Morgan fingerprint density at radius 2 is 2.08 bits per heavy atom. The number of rotatable bonds is 4. The lowest BCUT2D eigenvalue weighted by Gasteiger charge is -2.45. The number of aromatic nitrogens is 1. The highest BCUT2D eigenvalue weighted by atomic mass is 16.4.